The molecule has 4 aliphatic rings. The summed E-state index contributed by atoms with van der Waals surface area (Å²) >= 11 is 0. The number of benzene rings is 1. The summed E-state index contributed by atoms with van der Waals surface area (Å²) in [6, 6.07) is 7.38. The van der Waals surface area contributed by atoms with Gasteiger partial charge in [0.15, 0.2) is 0 Å². The Morgan fingerprint density at radius 3 is 2.66 bits per heavy atom. The summed E-state index contributed by atoms with van der Waals surface area (Å²) in [6.07, 6.45) is 6.94. The number of ether oxygens (including phenoxy) is 2. The molecule has 1 unspecified atom stereocenters. The van der Waals surface area contributed by atoms with Crippen LogP contribution in [0.1, 0.15) is 57.6 Å². The smallest absolute Gasteiger partial charge is 0.133 e. The van der Waals surface area contributed by atoms with Crippen LogP contribution in [0, 0.1) is 17.3 Å². The molecule has 1 aromatic carbocycles. The highest BCUT2D eigenvalue weighted by Crippen LogP contribution is 2.48. The van der Waals surface area contributed by atoms with E-state index in [-0.39, 0.29) is 0 Å². The zero-order chi connectivity index (χ0) is 20.4. The maximum atomic E-state index is 11.4. The molecule has 2 aliphatic carbocycles. The molecule has 0 N–H and O–H groups in total. The number of carbonyl (C=O) groups excluding carboxylic acids is 1. The average Bonchev–Trinajstić information content (AvgIpc) is 3.06. The Balaban J connectivity index is 0.000000994. The number of hydrogen-bond donors (Lipinski definition) is 0. The first-order valence-corrected chi connectivity index (χ1v) is 11.7. The summed E-state index contributed by atoms with van der Waals surface area (Å²) in [7, 11) is 0. The molecule has 2 heterocycles. The van der Waals surface area contributed by atoms with Gasteiger partial charge in [0, 0.05) is 43.0 Å². The Morgan fingerprint density at radius 1 is 1.21 bits per heavy atom. The third-order valence-corrected chi connectivity index (χ3v) is 7.33. The van der Waals surface area contributed by atoms with Crippen molar-refractivity contribution in [1.29, 1.82) is 0 Å². The number of carbonyl (C=O) groups is 1. The van der Waals surface area contributed by atoms with Crippen molar-refractivity contribution in [3.63, 3.8) is 0 Å². The molecule has 0 aromatic heterocycles. The van der Waals surface area contributed by atoms with Crippen molar-refractivity contribution >= 4 is 5.78 Å². The molecule has 1 aromatic rings. The highest BCUT2D eigenvalue weighted by molar-refractivity contribution is 5.79. The number of likely N-dealkylation sites (tertiary alicyclic amines) is 1. The lowest BCUT2D eigenvalue weighted by Gasteiger charge is -2.55. The third-order valence-electron chi connectivity index (χ3n) is 7.33. The van der Waals surface area contributed by atoms with Crippen molar-refractivity contribution in [3.8, 4) is 5.75 Å². The second kappa shape index (κ2) is 8.77. The number of rotatable bonds is 5. The van der Waals surface area contributed by atoms with Crippen LogP contribution in [0.15, 0.2) is 18.2 Å². The van der Waals surface area contributed by atoms with Crippen LogP contribution in [-0.2, 0) is 22.4 Å². The highest BCUT2D eigenvalue weighted by Gasteiger charge is 2.51. The Kier molecular flexibility index (Phi) is 6.31. The van der Waals surface area contributed by atoms with E-state index in [9.17, 15) is 4.79 Å². The summed E-state index contributed by atoms with van der Waals surface area (Å²) in [5.41, 5.74) is 3.44. The van der Waals surface area contributed by atoms with Gasteiger partial charge < -0.3 is 9.47 Å². The quantitative estimate of drug-likeness (QED) is 0.741. The van der Waals surface area contributed by atoms with Gasteiger partial charge in [0.2, 0.25) is 0 Å². The zero-order valence-corrected chi connectivity index (χ0v) is 18.4. The Hall–Kier alpha value is -1.39. The van der Waals surface area contributed by atoms with Crippen LogP contribution < -0.4 is 4.74 Å². The van der Waals surface area contributed by atoms with Crippen LogP contribution in [0.2, 0.25) is 0 Å². The summed E-state index contributed by atoms with van der Waals surface area (Å²) in [6.45, 7) is 10.7. The molecule has 1 spiro atoms. The second-order valence-electron chi connectivity index (χ2n) is 9.52. The van der Waals surface area contributed by atoms with E-state index < -0.39 is 0 Å². The summed E-state index contributed by atoms with van der Waals surface area (Å²) < 4.78 is 11.6. The van der Waals surface area contributed by atoms with E-state index in [2.05, 4.69) is 23.1 Å². The Bertz CT molecular complexity index is 713. The van der Waals surface area contributed by atoms with Gasteiger partial charge in [-0.2, -0.15) is 0 Å². The minimum Gasteiger partial charge on any atom is -0.493 e. The van der Waals surface area contributed by atoms with E-state index >= 15 is 0 Å². The van der Waals surface area contributed by atoms with Gasteiger partial charge in [0.1, 0.15) is 11.5 Å². The number of fused-ring (bicyclic) bond motifs is 1. The summed E-state index contributed by atoms with van der Waals surface area (Å²) in [5.74, 6) is 2.28. The van der Waals surface area contributed by atoms with Crippen LogP contribution in [0.5, 0.6) is 5.75 Å². The highest BCUT2D eigenvalue weighted by atomic mass is 16.5. The van der Waals surface area contributed by atoms with Crippen LogP contribution in [-0.4, -0.2) is 49.6 Å². The maximum Gasteiger partial charge on any atom is 0.133 e. The first-order chi connectivity index (χ1) is 14.1. The molecule has 5 rings (SSSR count). The Labute approximate surface area is 175 Å². The van der Waals surface area contributed by atoms with Crippen molar-refractivity contribution < 1.29 is 14.3 Å². The van der Waals surface area contributed by atoms with Crippen LogP contribution in [0.3, 0.4) is 0 Å². The molecule has 0 bridgehead atoms. The lowest BCUT2D eigenvalue weighted by molar-refractivity contribution is -0.129. The monoisotopic (exact) mass is 399 g/mol. The van der Waals surface area contributed by atoms with Crippen molar-refractivity contribution in [2.45, 2.75) is 65.3 Å². The minimum atomic E-state index is 0.335. The minimum absolute atomic E-state index is 0.335. The molecule has 160 valence electrons. The molecule has 2 aliphatic heterocycles. The predicted molar refractivity (Wildman–Crippen MR) is 115 cm³/mol. The molecular formula is C25H37NO3. The second-order valence-corrected chi connectivity index (χ2v) is 9.52. The third kappa shape index (κ3) is 4.39. The topological polar surface area (TPSA) is 38.8 Å². The first kappa shape index (κ1) is 20.9. The average molecular weight is 400 g/mol. The fourth-order valence-corrected chi connectivity index (χ4v) is 5.57. The van der Waals surface area contributed by atoms with Crippen molar-refractivity contribution in [2.75, 3.05) is 32.9 Å². The van der Waals surface area contributed by atoms with E-state index in [1.54, 1.807) is 6.92 Å². The molecule has 4 heteroatoms. The molecular weight excluding hydrogens is 362 g/mol. The van der Waals surface area contributed by atoms with Gasteiger partial charge in [0.05, 0.1) is 13.2 Å². The van der Waals surface area contributed by atoms with Crippen molar-refractivity contribution in [2.24, 2.45) is 17.3 Å². The van der Waals surface area contributed by atoms with E-state index in [1.807, 2.05) is 13.8 Å². The van der Waals surface area contributed by atoms with E-state index in [0.29, 0.717) is 29.1 Å². The molecule has 0 amide bonds. The van der Waals surface area contributed by atoms with Crippen LogP contribution in [0.25, 0.3) is 0 Å². The number of Topliss-reactive ketones (excluding diaryl/α,β-unsaturated/α-hetero) is 1. The van der Waals surface area contributed by atoms with Crippen LogP contribution >= 0.6 is 0 Å². The fraction of sp³-hybridized carbons (Fsp3) is 0.720. The van der Waals surface area contributed by atoms with Gasteiger partial charge in [-0.05, 0) is 68.7 Å². The molecule has 0 radical (unpaired) electrons. The van der Waals surface area contributed by atoms with Gasteiger partial charge in [-0.3, -0.25) is 9.69 Å². The fourth-order valence-electron chi connectivity index (χ4n) is 5.57. The molecule has 3 fully saturated rings. The standard InChI is InChI=1S/C23H31NO3.C2H6/c1-16(25)19-7-21(8-19)24-14-23(15-24)10-18-4-5-22(9-20(18)11-23)27-13-17-3-2-6-26-12-17;1-2/h4-5,9,17,19,21H,2-3,6-8,10-15H2,1H3;1-2H3. The molecule has 1 saturated carbocycles. The van der Waals surface area contributed by atoms with Gasteiger partial charge in [-0.15, -0.1) is 0 Å². The van der Waals surface area contributed by atoms with Crippen molar-refractivity contribution in [3.05, 3.63) is 29.3 Å². The molecule has 2 saturated heterocycles. The number of ketones is 1. The lowest BCUT2D eigenvalue weighted by Crippen LogP contribution is -2.63. The Morgan fingerprint density at radius 2 is 1.97 bits per heavy atom. The number of hydrogen-bond acceptors (Lipinski definition) is 4. The largest absolute Gasteiger partial charge is 0.493 e. The summed E-state index contributed by atoms with van der Waals surface area (Å²) in [5, 5.41) is 0. The maximum absolute atomic E-state index is 11.4. The van der Waals surface area contributed by atoms with Gasteiger partial charge in [-0.1, -0.05) is 19.9 Å². The van der Waals surface area contributed by atoms with E-state index in [0.717, 1.165) is 44.8 Å². The van der Waals surface area contributed by atoms with E-state index in [4.69, 9.17) is 9.47 Å². The zero-order valence-electron chi connectivity index (χ0n) is 18.4. The first-order valence-electron chi connectivity index (χ1n) is 11.7. The van der Waals surface area contributed by atoms with Gasteiger partial charge >= 0.3 is 0 Å². The lowest BCUT2D eigenvalue weighted by atomic mass is 9.70. The normalized spacial score (nSPS) is 29.8. The van der Waals surface area contributed by atoms with Gasteiger partial charge in [-0.25, -0.2) is 0 Å². The number of nitrogens with zero attached hydrogens (tertiary/aromatic N) is 1. The SMILES string of the molecule is CC.CC(=O)C1CC(N2CC3(Cc4ccc(OCC5CCCOC5)cc4C3)C2)C1. The summed E-state index contributed by atoms with van der Waals surface area (Å²) in [4.78, 5) is 14.1. The molecule has 29 heavy (non-hydrogen) atoms. The van der Waals surface area contributed by atoms with Gasteiger partial charge in [0.25, 0.3) is 0 Å². The molecule has 1 atom stereocenters. The van der Waals surface area contributed by atoms with E-state index in [1.165, 1.54) is 43.5 Å². The van der Waals surface area contributed by atoms with Crippen molar-refractivity contribution in [1.82, 2.24) is 4.90 Å². The van der Waals surface area contributed by atoms with Crippen LogP contribution in [0.4, 0.5) is 0 Å². The molecule has 4 nitrogen and oxygen atoms in total. The predicted octanol–water partition coefficient (Wildman–Crippen LogP) is 4.29.